The van der Waals surface area contributed by atoms with E-state index < -0.39 is 0 Å². The number of ketones is 2. The summed E-state index contributed by atoms with van der Waals surface area (Å²) in [6, 6.07) is 0. The van der Waals surface area contributed by atoms with Crippen molar-refractivity contribution in [3.8, 4) is 0 Å². The molecule has 1 rings (SSSR count). The van der Waals surface area contributed by atoms with Gasteiger partial charge in [0.25, 0.3) is 0 Å². The van der Waals surface area contributed by atoms with Gasteiger partial charge in [-0.25, -0.2) is 0 Å². The van der Waals surface area contributed by atoms with Crippen LogP contribution in [0.25, 0.3) is 0 Å². The minimum atomic E-state index is -0.149. The quantitative estimate of drug-likeness (QED) is 0.576. The first kappa shape index (κ1) is 16.9. The minimum Gasteiger partial charge on any atom is -0.376 e. The van der Waals surface area contributed by atoms with E-state index in [1.807, 2.05) is 27.7 Å². The van der Waals surface area contributed by atoms with Gasteiger partial charge in [0.05, 0.1) is 5.57 Å². The van der Waals surface area contributed by atoms with Crippen LogP contribution >= 0.6 is 0 Å². The lowest BCUT2D eigenvalue weighted by Gasteiger charge is -2.37. The number of hydrogen-bond acceptors (Lipinski definition) is 4. The first-order valence-electron chi connectivity index (χ1n) is 7.51. The molecule has 0 saturated carbocycles. The molecule has 0 bridgehead atoms. The minimum absolute atomic E-state index is 0.0655. The summed E-state index contributed by atoms with van der Waals surface area (Å²) in [5.41, 5.74) is 0.937. The van der Waals surface area contributed by atoms with Gasteiger partial charge < -0.3 is 10.0 Å². The number of hydrogen-bond donors (Lipinski definition) is 1. The molecule has 0 aliphatic heterocycles. The Labute approximate surface area is 121 Å². The molecule has 0 spiro atoms. The highest BCUT2D eigenvalue weighted by Gasteiger charge is 2.37. The third-order valence-corrected chi connectivity index (χ3v) is 3.65. The molecular weight excluding hydrogens is 254 g/mol. The van der Waals surface area contributed by atoms with E-state index in [2.05, 4.69) is 0 Å². The average Bonchev–Trinajstić information content (AvgIpc) is 2.33. The number of carbonyl (C=O) groups is 2. The Morgan fingerprint density at radius 1 is 1.25 bits per heavy atom. The molecule has 0 radical (unpaired) electrons. The van der Waals surface area contributed by atoms with Crippen molar-refractivity contribution in [3.05, 3.63) is 11.3 Å². The molecule has 1 aliphatic carbocycles. The second-order valence-electron chi connectivity index (χ2n) is 6.34. The van der Waals surface area contributed by atoms with Crippen molar-refractivity contribution in [3.63, 3.8) is 0 Å². The molecule has 0 aromatic heterocycles. The van der Waals surface area contributed by atoms with E-state index in [-0.39, 0.29) is 23.7 Å². The number of rotatable bonds is 7. The van der Waals surface area contributed by atoms with Crippen LogP contribution in [0.4, 0.5) is 0 Å². The van der Waals surface area contributed by atoms with E-state index >= 15 is 0 Å². The summed E-state index contributed by atoms with van der Waals surface area (Å²) in [5, 5.41) is 9.56. The Bertz CT molecular complexity index is 410. The SMILES string of the molecule is CCCC(=O)C1=C(N(CO)CCC)CC(C)(C)CC1=O. The maximum atomic E-state index is 12.4. The fourth-order valence-electron chi connectivity index (χ4n) is 2.79. The zero-order valence-corrected chi connectivity index (χ0v) is 13.2. The third-order valence-electron chi connectivity index (χ3n) is 3.65. The molecule has 4 heteroatoms. The van der Waals surface area contributed by atoms with E-state index in [0.29, 0.717) is 31.4 Å². The lowest BCUT2D eigenvalue weighted by atomic mass is 9.74. The number of aliphatic hydroxyl groups is 1. The van der Waals surface area contributed by atoms with Gasteiger partial charge in [-0.3, -0.25) is 9.59 Å². The predicted octanol–water partition coefficient (Wildman–Crippen LogP) is 2.66. The van der Waals surface area contributed by atoms with Crippen molar-refractivity contribution in [1.82, 2.24) is 4.90 Å². The summed E-state index contributed by atoms with van der Waals surface area (Å²) in [4.78, 5) is 26.4. The van der Waals surface area contributed by atoms with Gasteiger partial charge in [0.15, 0.2) is 11.6 Å². The van der Waals surface area contributed by atoms with E-state index in [1.165, 1.54) is 0 Å². The molecule has 114 valence electrons. The first-order chi connectivity index (χ1) is 9.36. The van der Waals surface area contributed by atoms with Crippen LogP contribution in [0.15, 0.2) is 11.3 Å². The van der Waals surface area contributed by atoms with Crippen LogP contribution in [0.1, 0.15) is 59.8 Å². The van der Waals surface area contributed by atoms with Gasteiger partial charge in [0.1, 0.15) is 6.73 Å². The molecule has 0 unspecified atom stereocenters. The Morgan fingerprint density at radius 3 is 2.40 bits per heavy atom. The Morgan fingerprint density at radius 2 is 1.90 bits per heavy atom. The van der Waals surface area contributed by atoms with Crippen LogP contribution < -0.4 is 0 Å². The molecule has 0 heterocycles. The van der Waals surface area contributed by atoms with E-state index in [1.54, 1.807) is 4.90 Å². The molecule has 4 nitrogen and oxygen atoms in total. The molecule has 1 N–H and O–H groups in total. The molecule has 1 aliphatic rings. The van der Waals surface area contributed by atoms with Crippen molar-refractivity contribution >= 4 is 11.6 Å². The van der Waals surface area contributed by atoms with Crippen molar-refractivity contribution in [2.24, 2.45) is 5.41 Å². The van der Waals surface area contributed by atoms with Gasteiger partial charge in [-0.1, -0.05) is 27.7 Å². The number of aliphatic hydroxyl groups excluding tert-OH is 1. The highest BCUT2D eigenvalue weighted by Crippen LogP contribution is 2.38. The fraction of sp³-hybridized carbons (Fsp3) is 0.750. The second kappa shape index (κ2) is 7.02. The van der Waals surface area contributed by atoms with E-state index in [0.717, 1.165) is 18.5 Å². The molecule has 0 fully saturated rings. The summed E-state index contributed by atoms with van der Waals surface area (Å²) in [6.45, 7) is 8.55. The zero-order valence-electron chi connectivity index (χ0n) is 13.2. The molecule has 0 aromatic rings. The molecule has 0 aromatic carbocycles. The maximum Gasteiger partial charge on any atom is 0.168 e. The number of allylic oxidation sites excluding steroid dienone is 2. The van der Waals surface area contributed by atoms with E-state index in [9.17, 15) is 14.7 Å². The zero-order chi connectivity index (χ0) is 15.3. The van der Waals surface area contributed by atoms with Gasteiger partial charge in [0.2, 0.25) is 0 Å². The summed E-state index contributed by atoms with van der Waals surface area (Å²) in [5.74, 6) is -0.137. The van der Waals surface area contributed by atoms with Gasteiger partial charge >= 0.3 is 0 Å². The number of Topliss-reactive ketones (excluding diaryl/α,β-unsaturated/α-hetero) is 2. The number of nitrogens with zero attached hydrogens (tertiary/aromatic N) is 1. The Balaban J connectivity index is 3.24. The van der Waals surface area contributed by atoms with Crippen LogP contribution in [-0.2, 0) is 9.59 Å². The molecule has 0 atom stereocenters. The smallest absolute Gasteiger partial charge is 0.168 e. The molecular formula is C16H27NO3. The summed E-state index contributed by atoms with van der Waals surface area (Å²) < 4.78 is 0. The van der Waals surface area contributed by atoms with Crippen LogP contribution in [0.5, 0.6) is 0 Å². The topological polar surface area (TPSA) is 57.6 Å². The van der Waals surface area contributed by atoms with Crippen molar-refractivity contribution in [1.29, 1.82) is 0 Å². The standard InChI is InChI=1S/C16H27NO3/c1-5-7-13(19)15-12(17(11-18)8-6-2)9-16(3,4)10-14(15)20/h18H,5-11H2,1-4H3. The monoisotopic (exact) mass is 281 g/mol. The van der Waals surface area contributed by atoms with Crippen molar-refractivity contribution in [2.75, 3.05) is 13.3 Å². The highest BCUT2D eigenvalue weighted by atomic mass is 16.3. The molecule has 20 heavy (non-hydrogen) atoms. The lowest BCUT2D eigenvalue weighted by molar-refractivity contribution is -0.123. The summed E-state index contributed by atoms with van der Waals surface area (Å²) in [7, 11) is 0. The fourth-order valence-corrected chi connectivity index (χ4v) is 2.79. The molecule has 0 saturated heterocycles. The Kier molecular flexibility index (Phi) is 5.93. The van der Waals surface area contributed by atoms with Crippen LogP contribution in [0, 0.1) is 5.41 Å². The van der Waals surface area contributed by atoms with Crippen LogP contribution in [-0.4, -0.2) is 34.8 Å². The van der Waals surface area contributed by atoms with Gasteiger partial charge in [-0.2, -0.15) is 0 Å². The summed E-state index contributed by atoms with van der Waals surface area (Å²) >= 11 is 0. The number of carbonyl (C=O) groups excluding carboxylic acids is 2. The Hall–Kier alpha value is -1.16. The maximum absolute atomic E-state index is 12.4. The van der Waals surface area contributed by atoms with Gasteiger partial charge in [0, 0.05) is 25.1 Å². The first-order valence-corrected chi connectivity index (χ1v) is 7.51. The second-order valence-corrected chi connectivity index (χ2v) is 6.34. The van der Waals surface area contributed by atoms with Crippen molar-refractivity contribution < 1.29 is 14.7 Å². The average molecular weight is 281 g/mol. The van der Waals surface area contributed by atoms with Crippen LogP contribution in [0.3, 0.4) is 0 Å². The van der Waals surface area contributed by atoms with Crippen molar-refractivity contribution in [2.45, 2.75) is 59.8 Å². The normalized spacial score (nSPS) is 18.4. The van der Waals surface area contributed by atoms with Gasteiger partial charge in [-0.05, 0) is 24.7 Å². The highest BCUT2D eigenvalue weighted by molar-refractivity contribution is 6.21. The van der Waals surface area contributed by atoms with E-state index in [4.69, 9.17) is 0 Å². The predicted molar refractivity (Wildman–Crippen MR) is 79.0 cm³/mol. The van der Waals surface area contributed by atoms with Crippen LogP contribution in [0.2, 0.25) is 0 Å². The lowest BCUT2D eigenvalue weighted by Crippen LogP contribution is -2.37. The summed E-state index contributed by atoms with van der Waals surface area (Å²) in [6.07, 6.45) is 3.08. The van der Waals surface area contributed by atoms with Gasteiger partial charge in [-0.15, -0.1) is 0 Å². The largest absolute Gasteiger partial charge is 0.376 e. The third kappa shape index (κ3) is 3.92. The molecule has 0 amide bonds.